The van der Waals surface area contributed by atoms with Crippen LogP contribution < -0.4 is 5.43 Å². The first-order chi connectivity index (χ1) is 11.7. The number of benzene rings is 3. The zero-order valence-corrected chi connectivity index (χ0v) is 13.4. The summed E-state index contributed by atoms with van der Waals surface area (Å²) in [6.07, 6.45) is 0.667. The molecule has 0 bridgehead atoms. The summed E-state index contributed by atoms with van der Waals surface area (Å²) in [5.74, 6) is -0.0366. The molecule has 0 aliphatic carbocycles. The van der Waals surface area contributed by atoms with E-state index in [1.807, 2.05) is 43.3 Å². The number of phenols is 1. The van der Waals surface area contributed by atoms with Gasteiger partial charge in [0.2, 0.25) is 0 Å². The van der Waals surface area contributed by atoms with Crippen LogP contribution in [0.5, 0.6) is 5.75 Å². The molecule has 2 N–H and O–H groups in total. The van der Waals surface area contributed by atoms with Crippen LogP contribution in [0.2, 0.25) is 0 Å². The second-order valence-electron chi connectivity index (χ2n) is 5.43. The Bertz CT molecular complexity index is 894. The first-order valence-electron chi connectivity index (χ1n) is 7.83. The largest absolute Gasteiger partial charge is 0.508 e. The van der Waals surface area contributed by atoms with Crippen molar-refractivity contribution in [3.63, 3.8) is 0 Å². The van der Waals surface area contributed by atoms with Gasteiger partial charge in [-0.1, -0.05) is 43.3 Å². The molecule has 3 rings (SSSR count). The fourth-order valence-corrected chi connectivity index (χ4v) is 2.60. The van der Waals surface area contributed by atoms with Crippen molar-refractivity contribution >= 4 is 22.4 Å². The molecule has 0 aliphatic rings. The van der Waals surface area contributed by atoms with Crippen LogP contribution in [0.1, 0.15) is 29.3 Å². The lowest BCUT2D eigenvalue weighted by molar-refractivity contribution is 0.0956. The van der Waals surface area contributed by atoms with Crippen molar-refractivity contribution in [2.45, 2.75) is 13.3 Å². The second-order valence-corrected chi connectivity index (χ2v) is 5.43. The van der Waals surface area contributed by atoms with Gasteiger partial charge in [-0.05, 0) is 53.1 Å². The van der Waals surface area contributed by atoms with E-state index in [1.54, 1.807) is 30.3 Å². The van der Waals surface area contributed by atoms with Crippen LogP contribution in [0.15, 0.2) is 71.8 Å². The quantitative estimate of drug-likeness (QED) is 0.562. The number of phenolic OH excluding ortho intramolecular Hbond substituents is 1. The van der Waals surface area contributed by atoms with Gasteiger partial charge in [0.05, 0.1) is 5.71 Å². The number of carbonyl (C=O) groups excluding carboxylic acids is 1. The molecule has 3 aromatic rings. The fourth-order valence-electron chi connectivity index (χ4n) is 2.60. The summed E-state index contributed by atoms with van der Waals surface area (Å²) in [5.41, 5.74) is 4.86. The second kappa shape index (κ2) is 6.96. The fraction of sp³-hybridized carbons (Fsp3) is 0.100. The van der Waals surface area contributed by atoms with Gasteiger partial charge < -0.3 is 5.11 Å². The van der Waals surface area contributed by atoms with Gasteiger partial charge >= 0.3 is 0 Å². The molecule has 0 saturated carbocycles. The number of rotatable bonds is 4. The molecular weight excluding hydrogens is 300 g/mol. The Morgan fingerprint density at radius 1 is 1.00 bits per heavy atom. The van der Waals surface area contributed by atoms with Crippen molar-refractivity contribution in [3.05, 3.63) is 77.9 Å². The molecule has 0 heterocycles. The molecule has 0 fully saturated rings. The first-order valence-corrected chi connectivity index (χ1v) is 7.83. The lowest BCUT2D eigenvalue weighted by Crippen LogP contribution is -2.20. The Morgan fingerprint density at radius 2 is 1.71 bits per heavy atom. The standard InChI is InChI=1S/C20H18N2O2/c1-2-19(15-10-12-16(23)13-11-15)21-22-20(24)18-9-5-7-14-6-3-4-8-17(14)18/h3-13,23H,2H2,1H3,(H,22,24)/b21-19-. The van der Waals surface area contributed by atoms with Gasteiger partial charge in [0, 0.05) is 5.56 Å². The van der Waals surface area contributed by atoms with Crippen LogP contribution >= 0.6 is 0 Å². The van der Waals surface area contributed by atoms with Crippen LogP contribution in [0.3, 0.4) is 0 Å². The van der Waals surface area contributed by atoms with Gasteiger partial charge in [-0.25, -0.2) is 5.43 Å². The number of hydrogen-bond donors (Lipinski definition) is 2. The molecule has 1 amide bonds. The molecule has 120 valence electrons. The van der Waals surface area contributed by atoms with E-state index in [0.29, 0.717) is 12.0 Å². The van der Waals surface area contributed by atoms with Crippen molar-refractivity contribution in [2.75, 3.05) is 0 Å². The molecule has 0 aromatic heterocycles. The number of aromatic hydroxyl groups is 1. The molecule has 4 nitrogen and oxygen atoms in total. The summed E-state index contributed by atoms with van der Waals surface area (Å²) in [7, 11) is 0. The zero-order valence-electron chi connectivity index (χ0n) is 13.4. The Balaban J connectivity index is 1.86. The molecule has 4 heteroatoms. The summed E-state index contributed by atoms with van der Waals surface area (Å²) < 4.78 is 0. The van der Waals surface area contributed by atoms with Crippen LogP contribution in [0.4, 0.5) is 0 Å². The van der Waals surface area contributed by atoms with E-state index in [2.05, 4.69) is 10.5 Å². The predicted molar refractivity (Wildman–Crippen MR) is 96.3 cm³/mol. The molecule has 0 unspecified atom stereocenters. The average molecular weight is 318 g/mol. The number of fused-ring (bicyclic) bond motifs is 1. The van der Waals surface area contributed by atoms with Gasteiger partial charge in [0.1, 0.15) is 5.75 Å². The minimum absolute atomic E-state index is 0.203. The molecule has 0 spiro atoms. The summed E-state index contributed by atoms with van der Waals surface area (Å²) in [6.45, 7) is 1.97. The topological polar surface area (TPSA) is 61.7 Å². The number of nitrogens with zero attached hydrogens (tertiary/aromatic N) is 1. The van der Waals surface area contributed by atoms with E-state index in [9.17, 15) is 9.90 Å². The van der Waals surface area contributed by atoms with Gasteiger partial charge in [0.15, 0.2) is 0 Å². The number of carbonyl (C=O) groups is 1. The summed E-state index contributed by atoms with van der Waals surface area (Å²) >= 11 is 0. The number of amides is 1. The Hall–Kier alpha value is -3.14. The third-order valence-electron chi connectivity index (χ3n) is 3.86. The highest BCUT2D eigenvalue weighted by atomic mass is 16.3. The molecule has 3 aromatic carbocycles. The van der Waals surface area contributed by atoms with E-state index >= 15 is 0 Å². The van der Waals surface area contributed by atoms with Gasteiger partial charge in [-0.15, -0.1) is 0 Å². The van der Waals surface area contributed by atoms with Gasteiger partial charge in [-0.2, -0.15) is 5.10 Å². The van der Waals surface area contributed by atoms with E-state index in [4.69, 9.17) is 0 Å². The van der Waals surface area contributed by atoms with Crippen molar-refractivity contribution in [3.8, 4) is 5.75 Å². The van der Waals surface area contributed by atoms with Crippen molar-refractivity contribution in [2.24, 2.45) is 5.10 Å². The monoisotopic (exact) mass is 318 g/mol. The number of nitrogens with one attached hydrogen (secondary N) is 1. The maximum Gasteiger partial charge on any atom is 0.272 e. The minimum Gasteiger partial charge on any atom is -0.508 e. The van der Waals surface area contributed by atoms with Crippen molar-refractivity contribution in [1.82, 2.24) is 5.43 Å². The van der Waals surface area contributed by atoms with Crippen LogP contribution in [0.25, 0.3) is 10.8 Å². The third-order valence-corrected chi connectivity index (χ3v) is 3.86. The Morgan fingerprint density at radius 3 is 2.46 bits per heavy atom. The Kier molecular flexibility index (Phi) is 4.57. The van der Waals surface area contributed by atoms with E-state index < -0.39 is 0 Å². The molecular formula is C20H18N2O2. The van der Waals surface area contributed by atoms with Crippen molar-refractivity contribution < 1.29 is 9.90 Å². The molecule has 0 atom stereocenters. The van der Waals surface area contributed by atoms with E-state index in [0.717, 1.165) is 22.0 Å². The maximum absolute atomic E-state index is 12.5. The molecule has 24 heavy (non-hydrogen) atoms. The van der Waals surface area contributed by atoms with E-state index in [1.165, 1.54) is 0 Å². The smallest absolute Gasteiger partial charge is 0.272 e. The molecule has 0 saturated heterocycles. The SMILES string of the molecule is CC/C(=N/NC(=O)c1cccc2ccccc12)c1ccc(O)cc1. The average Bonchev–Trinajstić information content (AvgIpc) is 2.63. The predicted octanol–water partition coefficient (Wildman–Crippen LogP) is 4.09. The van der Waals surface area contributed by atoms with Gasteiger partial charge in [-0.3, -0.25) is 4.79 Å². The van der Waals surface area contributed by atoms with Crippen LogP contribution in [-0.4, -0.2) is 16.7 Å². The summed E-state index contributed by atoms with van der Waals surface area (Å²) in [6, 6.07) is 20.2. The van der Waals surface area contributed by atoms with Crippen LogP contribution in [0, 0.1) is 0 Å². The summed E-state index contributed by atoms with van der Waals surface area (Å²) in [5, 5.41) is 15.5. The maximum atomic E-state index is 12.5. The summed E-state index contributed by atoms with van der Waals surface area (Å²) in [4.78, 5) is 12.5. The highest BCUT2D eigenvalue weighted by Gasteiger charge is 2.09. The van der Waals surface area contributed by atoms with Gasteiger partial charge in [0.25, 0.3) is 5.91 Å². The van der Waals surface area contributed by atoms with Crippen molar-refractivity contribution in [1.29, 1.82) is 0 Å². The zero-order chi connectivity index (χ0) is 16.9. The highest BCUT2D eigenvalue weighted by Crippen LogP contribution is 2.18. The molecule has 0 radical (unpaired) electrons. The lowest BCUT2D eigenvalue weighted by Gasteiger charge is -2.07. The number of hydrazone groups is 1. The Labute approximate surface area is 140 Å². The highest BCUT2D eigenvalue weighted by molar-refractivity contribution is 6.08. The normalized spacial score (nSPS) is 11.5. The first kappa shape index (κ1) is 15.7. The third kappa shape index (κ3) is 3.27. The molecule has 0 aliphatic heterocycles. The number of hydrogen-bond acceptors (Lipinski definition) is 3. The van der Waals surface area contributed by atoms with E-state index in [-0.39, 0.29) is 11.7 Å². The van der Waals surface area contributed by atoms with Crippen LogP contribution in [-0.2, 0) is 0 Å². The minimum atomic E-state index is -0.239. The lowest BCUT2D eigenvalue weighted by atomic mass is 10.0.